The van der Waals surface area contributed by atoms with Crippen LogP contribution in [0.4, 0.5) is 0 Å². The molecule has 1 fully saturated rings. The van der Waals surface area contributed by atoms with Crippen molar-refractivity contribution in [2.45, 2.75) is 38.3 Å². The lowest BCUT2D eigenvalue weighted by atomic mass is 10.1. The predicted octanol–water partition coefficient (Wildman–Crippen LogP) is 2.86. The van der Waals surface area contributed by atoms with E-state index in [0.717, 1.165) is 5.75 Å². The van der Waals surface area contributed by atoms with Crippen molar-refractivity contribution in [2.24, 2.45) is 5.92 Å². The van der Waals surface area contributed by atoms with Crippen LogP contribution in [0.25, 0.3) is 0 Å². The minimum Gasteiger partial charge on any atom is -0.491 e. The van der Waals surface area contributed by atoms with Crippen LogP contribution in [0, 0.1) is 5.92 Å². The quantitative estimate of drug-likeness (QED) is 0.843. The number of halogens is 1. The Labute approximate surface area is 119 Å². The number of ether oxygens (including phenoxy) is 1. The molecule has 0 bridgehead atoms. The van der Waals surface area contributed by atoms with Crippen LogP contribution in [0.5, 0.6) is 5.75 Å². The minimum absolute atomic E-state index is 0.301. The third kappa shape index (κ3) is 4.68. The molecule has 2 rings (SSSR count). The van der Waals surface area contributed by atoms with Gasteiger partial charge in [0.2, 0.25) is 0 Å². The molecule has 19 heavy (non-hydrogen) atoms. The van der Waals surface area contributed by atoms with E-state index in [2.05, 4.69) is 12.2 Å². The van der Waals surface area contributed by atoms with Crippen molar-refractivity contribution in [2.75, 3.05) is 13.2 Å². The molecule has 1 aliphatic rings. The first kappa shape index (κ1) is 14.6. The number of aliphatic hydroxyl groups excluding tert-OH is 1. The SMILES string of the molecule is CC1CCCC1NCC(O)COc1ccc(Cl)cc1. The summed E-state index contributed by atoms with van der Waals surface area (Å²) in [6.45, 7) is 3.15. The average molecular weight is 284 g/mol. The summed E-state index contributed by atoms with van der Waals surface area (Å²) in [6, 6.07) is 7.72. The van der Waals surface area contributed by atoms with Crippen molar-refractivity contribution < 1.29 is 9.84 Å². The molecule has 3 nitrogen and oxygen atoms in total. The first-order chi connectivity index (χ1) is 9.15. The maximum Gasteiger partial charge on any atom is 0.119 e. The van der Waals surface area contributed by atoms with Crippen LogP contribution in [0.3, 0.4) is 0 Å². The molecule has 0 amide bonds. The molecule has 4 heteroatoms. The van der Waals surface area contributed by atoms with Gasteiger partial charge in [0.15, 0.2) is 0 Å². The van der Waals surface area contributed by atoms with Crippen molar-refractivity contribution in [3.05, 3.63) is 29.3 Å². The molecule has 3 unspecified atom stereocenters. The molecule has 3 atom stereocenters. The van der Waals surface area contributed by atoms with Crippen molar-refractivity contribution in [1.29, 1.82) is 0 Å². The van der Waals surface area contributed by atoms with E-state index in [-0.39, 0.29) is 0 Å². The number of aliphatic hydroxyl groups is 1. The van der Waals surface area contributed by atoms with E-state index in [9.17, 15) is 5.11 Å². The van der Waals surface area contributed by atoms with Crippen LogP contribution in [0.15, 0.2) is 24.3 Å². The Morgan fingerprint density at radius 3 is 2.74 bits per heavy atom. The molecular formula is C15H22ClNO2. The highest BCUT2D eigenvalue weighted by Crippen LogP contribution is 2.24. The Balaban J connectivity index is 1.66. The number of hydrogen-bond donors (Lipinski definition) is 2. The van der Waals surface area contributed by atoms with Gasteiger partial charge in [-0.1, -0.05) is 24.9 Å². The fraction of sp³-hybridized carbons (Fsp3) is 0.600. The number of hydrogen-bond acceptors (Lipinski definition) is 3. The standard InChI is InChI=1S/C15H22ClNO2/c1-11-3-2-4-15(11)17-9-13(18)10-19-14-7-5-12(16)6-8-14/h5-8,11,13,15,17-18H,2-4,9-10H2,1H3. The van der Waals surface area contributed by atoms with Gasteiger partial charge in [-0.2, -0.15) is 0 Å². The van der Waals surface area contributed by atoms with Crippen molar-refractivity contribution in [3.8, 4) is 5.75 Å². The van der Waals surface area contributed by atoms with Gasteiger partial charge in [-0.05, 0) is 43.0 Å². The summed E-state index contributed by atoms with van der Waals surface area (Å²) in [4.78, 5) is 0. The fourth-order valence-corrected chi connectivity index (χ4v) is 2.64. The Morgan fingerprint density at radius 2 is 2.11 bits per heavy atom. The Morgan fingerprint density at radius 1 is 1.37 bits per heavy atom. The average Bonchev–Trinajstić information content (AvgIpc) is 2.81. The second-order valence-electron chi connectivity index (χ2n) is 5.34. The first-order valence-corrected chi connectivity index (χ1v) is 7.33. The van der Waals surface area contributed by atoms with Gasteiger partial charge in [-0.3, -0.25) is 0 Å². The molecule has 0 heterocycles. The number of benzene rings is 1. The van der Waals surface area contributed by atoms with Crippen molar-refractivity contribution in [3.63, 3.8) is 0 Å². The summed E-state index contributed by atoms with van der Waals surface area (Å²) in [5.41, 5.74) is 0. The summed E-state index contributed by atoms with van der Waals surface area (Å²) in [5.74, 6) is 1.45. The van der Waals surface area contributed by atoms with Crippen LogP contribution >= 0.6 is 11.6 Å². The molecule has 1 aromatic carbocycles. The topological polar surface area (TPSA) is 41.5 Å². The van der Waals surface area contributed by atoms with Crippen LogP contribution in [-0.4, -0.2) is 30.4 Å². The van der Waals surface area contributed by atoms with E-state index in [0.29, 0.717) is 30.1 Å². The minimum atomic E-state index is -0.483. The summed E-state index contributed by atoms with van der Waals surface area (Å²) in [6.07, 6.45) is 3.31. The van der Waals surface area contributed by atoms with Gasteiger partial charge in [0.1, 0.15) is 18.5 Å². The Bertz CT molecular complexity index is 382. The lowest BCUT2D eigenvalue weighted by molar-refractivity contribution is 0.102. The fourth-order valence-electron chi connectivity index (χ4n) is 2.52. The third-order valence-electron chi connectivity index (χ3n) is 3.73. The van der Waals surface area contributed by atoms with Crippen LogP contribution in [0.2, 0.25) is 5.02 Å². The molecule has 106 valence electrons. The number of nitrogens with one attached hydrogen (secondary N) is 1. The normalized spacial score (nSPS) is 24.4. The number of rotatable bonds is 6. The third-order valence-corrected chi connectivity index (χ3v) is 3.99. The van der Waals surface area contributed by atoms with Crippen LogP contribution in [-0.2, 0) is 0 Å². The maximum absolute atomic E-state index is 9.90. The summed E-state index contributed by atoms with van der Waals surface area (Å²) in [7, 11) is 0. The highest BCUT2D eigenvalue weighted by Gasteiger charge is 2.23. The molecule has 0 saturated heterocycles. The monoisotopic (exact) mass is 283 g/mol. The molecule has 0 aromatic heterocycles. The zero-order chi connectivity index (χ0) is 13.7. The lowest BCUT2D eigenvalue weighted by Crippen LogP contribution is -2.39. The van der Waals surface area contributed by atoms with Crippen LogP contribution < -0.4 is 10.1 Å². The Kier molecular flexibility index (Phi) is 5.49. The van der Waals surface area contributed by atoms with Gasteiger partial charge in [-0.25, -0.2) is 0 Å². The largest absolute Gasteiger partial charge is 0.491 e. The van der Waals surface area contributed by atoms with Gasteiger partial charge in [0.25, 0.3) is 0 Å². The second kappa shape index (κ2) is 7.13. The molecule has 1 aliphatic carbocycles. The van der Waals surface area contributed by atoms with E-state index in [1.165, 1.54) is 19.3 Å². The first-order valence-electron chi connectivity index (χ1n) is 6.95. The summed E-state index contributed by atoms with van der Waals surface area (Å²) >= 11 is 5.80. The van der Waals surface area contributed by atoms with Gasteiger partial charge < -0.3 is 15.2 Å². The molecule has 2 N–H and O–H groups in total. The highest BCUT2D eigenvalue weighted by molar-refractivity contribution is 6.30. The van der Waals surface area contributed by atoms with Crippen LogP contribution in [0.1, 0.15) is 26.2 Å². The summed E-state index contributed by atoms with van der Waals surface area (Å²) in [5, 5.41) is 14.0. The van der Waals surface area contributed by atoms with Crippen molar-refractivity contribution >= 4 is 11.6 Å². The molecule has 0 spiro atoms. The molecule has 0 aliphatic heterocycles. The molecule has 1 aromatic rings. The predicted molar refractivity (Wildman–Crippen MR) is 77.8 cm³/mol. The van der Waals surface area contributed by atoms with Gasteiger partial charge in [-0.15, -0.1) is 0 Å². The van der Waals surface area contributed by atoms with Crippen molar-refractivity contribution in [1.82, 2.24) is 5.32 Å². The second-order valence-corrected chi connectivity index (χ2v) is 5.78. The van der Waals surface area contributed by atoms with E-state index in [4.69, 9.17) is 16.3 Å². The zero-order valence-electron chi connectivity index (χ0n) is 11.3. The zero-order valence-corrected chi connectivity index (χ0v) is 12.1. The summed E-state index contributed by atoms with van der Waals surface area (Å²) < 4.78 is 5.52. The van der Waals surface area contributed by atoms with E-state index in [1.54, 1.807) is 12.1 Å². The molecule has 1 saturated carbocycles. The van der Waals surface area contributed by atoms with E-state index >= 15 is 0 Å². The van der Waals surface area contributed by atoms with E-state index < -0.39 is 6.10 Å². The lowest BCUT2D eigenvalue weighted by Gasteiger charge is -2.20. The highest BCUT2D eigenvalue weighted by atomic mass is 35.5. The van der Waals surface area contributed by atoms with Gasteiger partial charge in [0.05, 0.1) is 0 Å². The van der Waals surface area contributed by atoms with Gasteiger partial charge >= 0.3 is 0 Å². The maximum atomic E-state index is 9.90. The Hall–Kier alpha value is -0.770. The smallest absolute Gasteiger partial charge is 0.119 e. The molecule has 0 radical (unpaired) electrons. The van der Waals surface area contributed by atoms with E-state index in [1.807, 2.05) is 12.1 Å². The van der Waals surface area contributed by atoms with Gasteiger partial charge in [0, 0.05) is 17.6 Å². The molecular weight excluding hydrogens is 262 g/mol.